The van der Waals surface area contributed by atoms with Gasteiger partial charge in [0, 0.05) is 22.9 Å². The number of hydrogen-bond acceptors (Lipinski definition) is 4. The fourth-order valence-corrected chi connectivity index (χ4v) is 3.74. The molecule has 1 N–H and O–H groups in total. The van der Waals surface area contributed by atoms with E-state index in [1.165, 1.54) is 0 Å². The zero-order valence-electron chi connectivity index (χ0n) is 12.3. The van der Waals surface area contributed by atoms with Crippen LogP contribution in [0.2, 0.25) is 0 Å². The van der Waals surface area contributed by atoms with E-state index in [2.05, 4.69) is 29.4 Å². The Bertz CT molecular complexity index is 615. The highest BCUT2D eigenvalue weighted by Gasteiger charge is 2.39. The Hall–Kier alpha value is -1.52. The first-order chi connectivity index (χ1) is 10.2. The topological polar surface area (TPSA) is 42.0 Å². The molecule has 1 aromatic heterocycles. The SMILES string of the molecule is CCC1(C(=O)Cc2nc(-c3ccccc3)cs2)CCNC1. The minimum absolute atomic E-state index is 0.168. The van der Waals surface area contributed by atoms with E-state index in [4.69, 9.17) is 0 Å². The van der Waals surface area contributed by atoms with Gasteiger partial charge in [0.1, 0.15) is 10.8 Å². The number of Topliss-reactive ketones (excluding diaryl/α,β-unsaturated/α-hetero) is 1. The van der Waals surface area contributed by atoms with Crippen LogP contribution in [0.25, 0.3) is 11.3 Å². The molecule has 1 unspecified atom stereocenters. The molecule has 1 fully saturated rings. The molecule has 0 bridgehead atoms. The van der Waals surface area contributed by atoms with Gasteiger partial charge in [-0.1, -0.05) is 37.3 Å². The summed E-state index contributed by atoms with van der Waals surface area (Å²) in [5.74, 6) is 0.337. The number of benzene rings is 1. The minimum atomic E-state index is -0.168. The Kier molecular flexibility index (Phi) is 4.17. The van der Waals surface area contributed by atoms with Crippen molar-refractivity contribution < 1.29 is 4.79 Å². The molecular weight excluding hydrogens is 280 g/mol. The first-order valence-electron chi connectivity index (χ1n) is 7.47. The summed E-state index contributed by atoms with van der Waals surface area (Å²) < 4.78 is 0. The minimum Gasteiger partial charge on any atom is -0.316 e. The fraction of sp³-hybridized carbons (Fsp3) is 0.412. The summed E-state index contributed by atoms with van der Waals surface area (Å²) >= 11 is 1.59. The molecule has 1 aliphatic rings. The molecule has 3 rings (SSSR count). The monoisotopic (exact) mass is 300 g/mol. The van der Waals surface area contributed by atoms with Crippen molar-refractivity contribution in [1.82, 2.24) is 10.3 Å². The van der Waals surface area contributed by atoms with E-state index < -0.39 is 0 Å². The maximum absolute atomic E-state index is 12.6. The second-order valence-corrected chi connectivity index (χ2v) is 6.60. The van der Waals surface area contributed by atoms with Crippen LogP contribution in [0.5, 0.6) is 0 Å². The Balaban J connectivity index is 1.74. The molecule has 21 heavy (non-hydrogen) atoms. The van der Waals surface area contributed by atoms with Gasteiger partial charge in [-0.2, -0.15) is 0 Å². The summed E-state index contributed by atoms with van der Waals surface area (Å²) in [6.07, 6.45) is 2.34. The molecular formula is C17H20N2OS. The second kappa shape index (κ2) is 6.08. The Morgan fingerprint density at radius 1 is 1.38 bits per heavy atom. The first kappa shape index (κ1) is 14.4. The molecule has 0 aliphatic carbocycles. The van der Waals surface area contributed by atoms with Crippen molar-refractivity contribution >= 4 is 17.1 Å². The van der Waals surface area contributed by atoms with Gasteiger partial charge in [0.25, 0.3) is 0 Å². The van der Waals surface area contributed by atoms with Crippen molar-refractivity contribution in [3.63, 3.8) is 0 Å². The van der Waals surface area contributed by atoms with E-state index in [9.17, 15) is 4.79 Å². The van der Waals surface area contributed by atoms with Crippen molar-refractivity contribution in [2.75, 3.05) is 13.1 Å². The fourth-order valence-electron chi connectivity index (χ4n) is 2.94. The maximum atomic E-state index is 12.6. The quantitative estimate of drug-likeness (QED) is 0.921. The number of carbonyl (C=O) groups is 1. The van der Waals surface area contributed by atoms with E-state index >= 15 is 0 Å². The summed E-state index contributed by atoms with van der Waals surface area (Å²) in [7, 11) is 0. The third-order valence-electron chi connectivity index (χ3n) is 4.45. The zero-order chi connectivity index (χ0) is 14.7. The molecule has 0 radical (unpaired) electrons. The molecule has 0 spiro atoms. The lowest BCUT2D eigenvalue weighted by atomic mass is 9.79. The molecule has 4 heteroatoms. The van der Waals surface area contributed by atoms with Gasteiger partial charge in [-0.25, -0.2) is 4.98 Å². The largest absolute Gasteiger partial charge is 0.316 e. The van der Waals surface area contributed by atoms with Crippen LogP contribution in [-0.2, 0) is 11.2 Å². The number of nitrogens with one attached hydrogen (secondary N) is 1. The third kappa shape index (κ3) is 2.92. The first-order valence-corrected chi connectivity index (χ1v) is 8.35. The molecule has 110 valence electrons. The normalized spacial score (nSPS) is 21.6. The number of ketones is 1. The van der Waals surface area contributed by atoms with E-state index in [1.807, 2.05) is 23.6 Å². The molecule has 1 aliphatic heterocycles. The lowest BCUT2D eigenvalue weighted by Gasteiger charge is -2.24. The van der Waals surface area contributed by atoms with E-state index in [1.54, 1.807) is 11.3 Å². The summed E-state index contributed by atoms with van der Waals surface area (Å²) in [5, 5.41) is 6.30. The molecule has 2 aromatic rings. The Morgan fingerprint density at radius 2 is 2.19 bits per heavy atom. The van der Waals surface area contributed by atoms with E-state index in [0.29, 0.717) is 12.2 Å². The van der Waals surface area contributed by atoms with Gasteiger partial charge in [0.2, 0.25) is 0 Å². The van der Waals surface area contributed by atoms with Gasteiger partial charge in [-0.15, -0.1) is 11.3 Å². The molecule has 0 amide bonds. The van der Waals surface area contributed by atoms with Gasteiger partial charge >= 0.3 is 0 Å². The average molecular weight is 300 g/mol. The van der Waals surface area contributed by atoms with Gasteiger partial charge in [0.05, 0.1) is 12.1 Å². The Labute approximate surface area is 129 Å². The second-order valence-electron chi connectivity index (χ2n) is 5.65. The van der Waals surface area contributed by atoms with Gasteiger partial charge in [-0.3, -0.25) is 4.79 Å². The van der Waals surface area contributed by atoms with Crippen LogP contribution in [0.1, 0.15) is 24.8 Å². The lowest BCUT2D eigenvalue weighted by molar-refractivity contribution is -0.127. The lowest BCUT2D eigenvalue weighted by Crippen LogP contribution is -2.34. The van der Waals surface area contributed by atoms with Crippen molar-refractivity contribution in [3.05, 3.63) is 40.7 Å². The molecule has 2 heterocycles. The van der Waals surface area contributed by atoms with Crippen LogP contribution in [-0.4, -0.2) is 23.9 Å². The van der Waals surface area contributed by atoms with E-state index in [-0.39, 0.29) is 5.41 Å². The average Bonchev–Trinajstić information content (AvgIpc) is 3.18. The summed E-state index contributed by atoms with van der Waals surface area (Å²) in [4.78, 5) is 17.3. The highest BCUT2D eigenvalue weighted by atomic mass is 32.1. The molecule has 3 nitrogen and oxygen atoms in total. The summed E-state index contributed by atoms with van der Waals surface area (Å²) in [6, 6.07) is 10.1. The number of nitrogens with zero attached hydrogens (tertiary/aromatic N) is 1. The van der Waals surface area contributed by atoms with E-state index in [0.717, 1.165) is 42.2 Å². The summed E-state index contributed by atoms with van der Waals surface area (Å²) in [5.41, 5.74) is 1.91. The highest BCUT2D eigenvalue weighted by molar-refractivity contribution is 7.10. The van der Waals surface area contributed by atoms with Crippen LogP contribution in [0, 0.1) is 5.41 Å². The molecule has 0 saturated carbocycles. The van der Waals surface area contributed by atoms with Crippen molar-refractivity contribution in [2.24, 2.45) is 5.41 Å². The van der Waals surface area contributed by atoms with Crippen LogP contribution in [0.4, 0.5) is 0 Å². The molecule has 1 aromatic carbocycles. The van der Waals surface area contributed by atoms with Gasteiger partial charge in [0.15, 0.2) is 0 Å². The standard InChI is InChI=1S/C17H20N2OS/c1-2-17(8-9-18-12-17)15(20)10-16-19-14(11-21-16)13-6-4-3-5-7-13/h3-7,11,18H,2,8-10,12H2,1H3. The zero-order valence-corrected chi connectivity index (χ0v) is 13.1. The Morgan fingerprint density at radius 3 is 2.86 bits per heavy atom. The van der Waals surface area contributed by atoms with Crippen LogP contribution >= 0.6 is 11.3 Å². The molecule has 1 atom stereocenters. The number of aromatic nitrogens is 1. The van der Waals surface area contributed by atoms with Crippen molar-refractivity contribution in [3.8, 4) is 11.3 Å². The van der Waals surface area contributed by atoms with Gasteiger partial charge < -0.3 is 5.32 Å². The van der Waals surface area contributed by atoms with Crippen LogP contribution in [0.15, 0.2) is 35.7 Å². The smallest absolute Gasteiger partial charge is 0.147 e. The van der Waals surface area contributed by atoms with Gasteiger partial charge in [-0.05, 0) is 19.4 Å². The number of thiazole rings is 1. The maximum Gasteiger partial charge on any atom is 0.147 e. The number of carbonyl (C=O) groups excluding carboxylic acids is 1. The highest BCUT2D eigenvalue weighted by Crippen LogP contribution is 2.32. The predicted octanol–water partition coefficient (Wildman–Crippen LogP) is 3.31. The van der Waals surface area contributed by atoms with Crippen molar-refractivity contribution in [1.29, 1.82) is 0 Å². The predicted molar refractivity (Wildman–Crippen MR) is 86.5 cm³/mol. The van der Waals surface area contributed by atoms with Crippen LogP contribution < -0.4 is 5.32 Å². The number of rotatable bonds is 5. The van der Waals surface area contributed by atoms with Crippen LogP contribution in [0.3, 0.4) is 0 Å². The summed E-state index contributed by atoms with van der Waals surface area (Å²) in [6.45, 7) is 3.88. The van der Waals surface area contributed by atoms with Crippen molar-refractivity contribution in [2.45, 2.75) is 26.2 Å². The third-order valence-corrected chi connectivity index (χ3v) is 5.29. The number of hydrogen-bond donors (Lipinski definition) is 1. The molecule has 1 saturated heterocycles.